The van der Waals surface area contributed by atoms with Crippen molar-refractivity contribution in [3.05, 3.63) is 10.0 Å². The van der Waals surface area contributed by atoms with Crippen LogP contribution in [0, 0.1) is 5.92 Å². The summed E-state index contributed by atoms with van der Waals surface area (Å²) in [5.74, 6) is 0.866. The van der Waals surface area contributed by atoms with Gasteiger partial charge in [0.1, 0.15) is 10.0 Å². The van der Waals surface area contributed by atoms with E-state index in [-0.39, 0.29) is 0 Å². The van der Waals surface area contributed by atoms with E-state index in [0.29, 0.717) is 4.83 Å². The number of alkyl halides is 1. The second-order valence-electron chi connectivity index (χ2n) is 4.62. The van der Waals surface area contributed by atoms with Gasteiger partial charge in [-0.1, -0.05) is 55.0 Å². The standard InChI is InChI=1S/C12H19BrN2S/c1-2-10(13)12-15-14-11(16-12)8-9-6-4-3-5-7-9/h9-10H,2-8H2,1H3. The lowest BCUT2D eigenvalue weighted by atomic mass is 9.87. The first-order valence-electron chi connectivity index (χ1n) is 6.26. The molecule has 1 saturated carbocycles. The van der Waals surface area contributed by atoms with E-state index in [1.54, 1.807) is 11.3 Å². The molecule has 2 rings (SSSR count). The predicted molar refractivity (Wildman–Crippen MR) is 72.1 cm³/mol. The smallest absolute Gasteiger partial charge is 0.131 e. The Labute approximate surface area is 110 Å². The van der Waals surface area contributed by atoms with Crippen molar-refractivity contribution in [2.75, 3.05) is 0 Å². The van der Waals surface area contributed by atoms with E-state index in [0.717, 1.165) is 23.8 Å². The summed E-state index contributed by atoms with van der Waals surface area (Å²) in [6.07, 6.45) is 9.26. The molecule has 0 aromatic carbocycles. The van der Waals surface area contributed by atoms with Crippen molar-refractivity contribution in [2.45, 2.75) is 56.7 Å². The van der Waals surface area contributed by atoms with Crippen molar-refractivity contribution in [1.29, 1.82) is 0 Å². The maximum absolute atomic E-state index is 4.32. The summed E-state index contributed by atoms with van der Waals surface area (Å²) < 4.78 is 0. The molecule has 0 N–H and O–H groups in total. The Bertz CT molecular complexity index is 321. The van der Waals surface area contributed by atoms with Crippen LogP contribution < -0.4 is 0 Å². The van der Waals surface area contributed by atoms with Gasteiger partial charge in [-0.05, 0) is 12.3 Å². The molecular formula is C12H19BrN2S. The van der Waals surface area contributed by atoms with Crippen LogP contribution >= 0.6 is 27.3 Å². The van der Waals surface area contributed by atoms with Gasteiger partial charge in [-0.2, -0.15) is 0 Å². The Morgan fingerprint density at radius 3 is 2.75 bits per heavy atom. The number of rotatable bonds is 4. The highest BCUT2D eigenvalue weighted by Gasteiger charge is 2.17. The molecule has 1 heterocycles. The lowest BCUT2D eigenvalue weighted by molar-refractivity contribution is 0.356. The highest BCUT2D eigenvalue weighted by Crippen LogP contribution is 2.31. The number of aromatic nitrogens is 2. The van der Waals surface area contributed by atoms with Gasteiger partial charge in [-0.15, -0.1) is 21.5 Å². The molecule has 90 valence electrons. The molecule has 0 saturated heterocycles. The van der Waals surface area contributed by atoms with Gasteiger partial charge in [-0.3, -0.25) is 0 Å². The lowest BCUT2D eigenvalue weighted by Gasteiger charge is -2.19. The first-order valence-corrected chi connectivity index (χ1v) is 7.99. The van der Waals surface area contributed by atoms with E-state index in [4.69, 9.17) is 0 Å². The molecule has 0 amide bonds. The van der Waals surface area contributed by atoms with Crippen molar-refractivity contribution in [2.24, 2.45) is 5.92 Å². The monoisotopic (exact) mass is 302 g/mol. The molecule has 0 bridgehead atoms. The van der Waals surface area contributed by atoms with Crippen LogP contribution in [0.2, 0.25) is 0 Å². The molecule has 1 atom stereocenters. The van der Waals surface area contributed by atoms with Gasteiger partial charge in [0.15, 0.2) is 0 Å². The molecule has 0 spiro atoms. The van der Waals surface area contributed by atoms with Crippen LogP contribution in [0.4, 0.5) is 0 Å². The van der Waals surface area contributed by atoms with E-state index in [2.05, 4.69) is 33.1 Å². The van der Waals surface area contributed by atoms with Crippen molar-refractivity contribution >= 4 is 27.3 Å². The molecule has 16 heavy (non-hydrogen) atoms. The minimum absolute atomic E-state index is 0.394. The van der Waals surface area contributed by atoms with E-state index in [1.165, 1.54) is 37.1 Å². The van der Waals surface area contributed by atoms with Gasteiger partial charge < -0.3 is 0 Å². The van der Waals surface area contributed by atoms with Crippen molar-refractivity contribution in [3.63, 3.8) is 0 Å². The van der Waals surface area contributed by atoms with Crippen molar-refractivity contribution in [1.82, 2.24) is 10.2 Å². The highest BCUT2D eigenvalue weighted by molar-refractivity contribution is 9.09. The maximum atomic E-state index is 4.32. The van der Waals surface area contributed by atoms with Crippen LogP contribution in [-0.4, -0.2) is 10.2 Å². The fourth-order valence-corrected chi connectivity index (χ4v) is 3.68. The summed E-state index contributed by atoms with van der Waals surface area (Å²) in [5, 5.41) is 11.0. The van der Waals surface area contributed by atoms with Gasteiger partial charge in [0.05, 0.1) is 4.83 Å². The molecule has 4 heteroatoms. The zero-order chi connectivity index (χ0) is 11.4. The molecule has 1 fully saturated rings. The van der Waals surface area contributed by atoms with Crippen molar-refractivity contribution in [3.8, 4) is 0 Å². The summed E-state index contributed by atoms with van der Waals surface area (Å²) in [6, 6.07) is 0. The van der Waals surface area contributed by atoms with Crippen LogP contribution in [0.1, 0.15) is 60.3 Å². The largest absolute Gasteiger partial charge is 0.144 e. The molecular weight excluding hydrogens is 284 g/mol. The molecule has 2 nitrogen and oxygen atoms in total. The van der Waals surface area contributed by atoms with Gasteiger partial charge in [0.25, 0.3) is 0 Å². The van der Waals surface area contributed by atoms with Crippen LogP contribution in [0.5, 0.6) is 0 Å². The topological polar surface area (TPSA) is 25.8 Å². The minimum atomic E-state index is 0.394. The zero-order valence-electron chi connectivity index (χ0n) is 9.79. The van der Waals surface area contributed by atoms with E-state index in [1.807, 2.05) is 0 Å². The Kier molecular flexibility index (Phi) is 4.77. The molecule has 0 radical (unpaired) electrons. The van der Waals surface area contributed by atoms with Gasteiger partial charge in [0, 0.05) is 6.42 Å². The van der Waals surface area contributed by atoms with Gasteiger partial charge in [-0.25, -0.2) is 0 Å². The summed E-state index contributed by atoms with van der Waals surface area (Å²) in [6.45, 7) is 2.17. The zero-order valence-corrected chi connectivity index (χ0v) is 12.2. The number of hydrogen-bond acceptors (Lipinski definition) is 3. The van der Waals surface area contributed by atoms with E-state index in [9.17, 15) is 0 Å². The van der Waals surface area contributed by atoms with E-state index < -0.39 is 0 Å². The third-order valence-electron chi connectivity index (χ3n) is 3.30. The normalized spacial score (nSPS) is 19.9. The molecule has 1 unspecified atom stereocenters. The average molecular weight is 303 g/mol. The number of halogens is 1. The molecule has 1 aromatic rings. The van der Waals surface area contributed by atoms with Crippen LogP contribution in [0.3, 0.4) is 0 Å². The average Bonchev–Trinajstić information content (AvgIpc) is 2.78. The summed E-state index contributed by atoms with van der Waals surface area (Å²) in [4.78, 5) is 0.394. The van der Waals surface area contributed by atoms with E-state index >= 15 is 0 Å². The summed E-state index contributed by atoms with van der Waals surface area (Å²) >= 11 is 5.42. The Balaban J connectivity index is 1.91. The number of nitrogens with zero attached hydrogens (tertiary/aromatic N) is 2. The SMILES string of the molecule is CCC(Br)c1nnc(CC2CCCCC2)s1. The Morgan fingerprint density at radius 1 is 1.31 bits per heavy atom. The molecule has 1 aromatic heterocycles. The third kappa shape index (κ3) is 3.27. The van der Waals surface area contributed by atoms with Crippen LogP contribution in [0.25, 0.3) is 0 Å². The fourth-order valence-electron chi connectivity index (χ4n) is 2.29. The highest BCUT2D eigenvalue weighted by atomic mass is 79.9. The molecule has 0 aliphatic heterocycles. The van der Waals surface area contributed by atoms with Crippen molar-refractivity contribution < 1.29 is 0 Å². The first kappa shape index (κ1) is 12.5. The summed E-state index contributed by atoms with van der Waals surface area (Å²) in [7, 11) is 0. The second kappa shape index (κ2) is 6.10. The quantitative estimate of drug-likeness (QED) is 0.765. The van der Waals surface area contributed by atoms with Gasteiger partial charge in [0.2, 0.25) is 0 Å². The lowest BCUT2D eigenvalue weighted by Crippen LogP contribution is -2.08. The van der Waals surface area contributed by atoms with Crippen LogP contribution in [0.15, 0.2) is 0 Å². The number of hydrogen-bond donors (Lipinski definition) is 0. The minimum Gasteiger partial charge on any atom is -0.144 e. The Hall–Kier alpha value is 0.0400. The maximum Gasteiger partial charge on any atom is 0.131 e. The molecule has 1 aliphatic rings. The first-order chi connectivity index (χ1) is 7.79. The fraction of sp³-hybridized carbons (Fsp3) is 0.833. The predicted octanol–water partition coefficient (Wildman–Crippen LogP) is 4.51. The molecule has 1 aliphatic carbocycles. The van der Waals surface area contributed by atoms with Crippen LogP contribution in [-0.2, 0) is 6.42 Å². The second-order valence-corrected chi connectivity index (χ2v) is 6.82. The van der Waals surface area contributed by atoms with Gasteiger partial charge >= 0.3 is 0 Å². The Morgan fingerprint density at radius 2 is 2.06 bits per heavy atom. The third-order valence-corrected chi connectivity index (χ3v) is 5.74. The summed E-state index contributed by atoms with van der Waals surface area (Å²) in [5.41, 5.74) is 0.